The highest BCUT2D eigenvalue weighted by Gasteiger charge is 2.37. The fourth-order valence-electron chi connectivity index (χ4n) is 3.02. The lowest BCUT2D eigenvalue weighted by molar-refractivity contribution is 0.131. The molecule has 1 aliphatic heterocycles. The van der Waals surface area contributed by atoms with Gasteiger partial charge in [-0.05, 0) is 52.5 Å². The quantitative estimate of drug-likeness (QED) is 0.852. The first-order valence-corrected chi connectivity index (χ1v) is 7.22. The second-order valence-electron chi connectivity index (χ2n) is 5.69. The van der Waals surface area contributed by atoms with Crippen LogP contribution in [0.5, 0.6) is 5.75 Å². The normalized spacial score (nSPS) is 23.7. The van der Waals surface area contributed by atoms with Crippen LogP contribution in [0.2, 0.25) is 0 Å². The maximum absolute atomic E-state index is 5.89. The minimum Gasteiger partial charge on any atom is -0.494 e. The van der Waals surface area contributed by atoms with E-state index in [0.717, 1.165) is 25.3 Å². The highest BCUT2D eigenvalue weighted by Crippen LogP contribution is 2.30. The number of aryl methyl sites for hydroxylation is 1. The van der Waals surface area contributed by atoms with Crippen LogP contribution in [0.25, 0.3) is 0 Å². The molecular weight excluding hydrogens is 236 g/mol. The number of rotatable bonds is 6. The topological polar surface area (TPSA) is 24.5 Å². The zero-order valence-electron chi connectivity index (χ0n) is 12.4. The van der Waals surface area contributed by atoms with E-state index >= 15 is 0 Å². The molecule has 1 aromatic rings. The van der Waals surface area contributed by atoms with Crippen molar-refractivity contribution in [3.63, 3.8) is 0 Å². The van der Waals surface area contributed by atoms with Gasteiger partial charge in [0, 0.05) is 18.5 Å². The highest BCUT2D eigenvalue weighted by molar-refractivity contribution is 5.26. The first-order valence-electron chi connectivity index (χ1n) is 7.22. The molecule has 0 aromatic heterocycles. The average Bonchev–Trinajstić information content (AvgIpc) is 2.74. The average molecular weight is 262 g/mol. The zero-order valence-corrected chi connectivity index (χ0v) is 12.4. The van der Waals surface area contributed by atoms with Gasteiger partial charge in [0.15, 0.2) is 0 Å². The van der Waals surface area contributed by atoms with Crippen molar-refractivity contribution in [1.29, 1.82) is 0 Å². The van der Waals surface area contributed by atoms with Gasteiger partial charge in [-0.15, -0.1) is 0 Å². The summed E-state index contributed by atoms with van der Waals surface area (Å²) in [6.45, 7) is 5.13. The number of hydrogen-bond donors (Lipinski definition) is 1. The van der Waals surface area contributed by atoms with Crippen LogP contribution in [-0.4, -0.2) is 44.2 Å². The summed E-state index contributed by atoms with van der Waals surface area (Å²) in [5, 5.41) is 3.34. The molecule has 3 nitrogen and oxygen atoms in total. The van der Waals surface area contributed by atoms with Crippen molar-refractivity contribution in [2.45, 2.75) is 31.7 Å². The van der Waals surface area contributed by atoms with E-state index in [2.05, 4.69) is 48.5 Å². The van der Waals surface area contributed by atoms with E-state index < -0.39 is 0 Å². The molecule has 0 saturated carbocycles. The van der Waals surface area contributed by atoms with Gasteiger partial charge < -0.3 is 10.1 Å². The monoisotopic (exact) mass is 262 g/mol. The van der Waals surface area contributed by atoms with Crippen molar-refractivity contribution in [1.82, 2.24) is 10.2 Å². The molecule has 0 bridgehead atoms. The van der Waals surface area contributed by atoms with Gasteiger partial charge in [0.25, 0.3) is 0 Å². The minimum absolute atomic E-state index is 0.277. The summed E-state index contributed by atoms with van der Waals surface area (Å²) < 4.78 is 5.89. The molecule has 3 heteroatoms. The van der Waals surface area contributed by atoms with Crippen molar-refractivity contribution < 1.29 is 4.74 Å². The van der Waals surface area contributed by atoms with E-state index in [1.165, 1.54) is 24.9 Å². The highest BCUT2D eigenvalue weighted by atomic mass is 16.5. The standard InChI is InChI=1S/C16H26N2O/c1-14-5-7-15(8-6-14)19-12-10-16(13-17-2)9-4-11-18(16)3/h5-8,17H,4,9-13H2,1-3H3. The van der Waals surface area contributed by atoms with Crippen molar-refractivity contribution in [2.75, 3.05) is 33.8 Å². The van der Waals surface area contributed by atoms with Crippen LogP contribution in [0.1, 0.15) is 24.8 Å². The number of likely N-dealkylation sites (tertiary alicyclic amines) is 1. The summed E-state index contributed by atoms with van der Waals surface area (Å²) in [6.07, 6.45) is 3.64. The predicted molar refractivity (Wildman–Crippen MR) is 79.8 cm³/mol. The lowest BCUT2D eigenvalue weighted by Crippen LogP contribution is -2.49. The Morgan fingerprint density at radius 2 is 2.05 bits per heavy atom. The molecule has 0 amide bonds. The van der Waals surface area contributed by atoms with E-state index in [-0.39, 0.29) is 5.54 Å². The smallest absolute Gasteiger partial charge is 0.119 e. The maximum atomic E-state index is 5.89. The van der Waals surface area contributed by atoms with E-state index in [1.54, 1.807) is 0 Å². The van der Waals surface area contributed by atoms with Gasteiger partial charge in [-0.2, -0.15) is 0 Å². The van der Waals surface area contributed by atoms with E-state index in [0.29, 0.717) is 0 Å². The van der Waals surface area contributed by atoms with Gasteiger partial charge >= 0.3 is 0 Å². The Morgan fingerprint density at radius 1 is 1.32 bits per heavy atom. The third kappa shape index (κ3) is 3.48. The van der Waals surface area contributed by atoms with Gasteiger partial charge in [0.1, 0.15) is 5.75 Å². The molecule has 1 heterocycles. The molecule has 2 rings (SSSR count). The lowest BCUT2D eigenvalue weighted by Gasteiger charge is -2.36. The number of hydrogen-bond acceptors (Lipinski definition) is 3. The second-order valence-corrected chi connectivity index (χ2v) is 5.69. The van der Waals surface area contributed by atoms with Gasteiger partial charge in [-0.1, -0.05) is 17.7 Å². The fraction of sp³-hybridized carbons (Fsp3) is 0.625. The molecular formula is C16H26N2O. The van der Waals surface area contributed by atoms with E-state index in [9.17, 15) is 0 Å². The summed E-state index contributed by atoms with van der Waals surface area (Å²) >= 11 is 0. The summed E-state index contributed by atoms with van der Waals surface area (Å²) in [7, 11) is 4.27. The SMILES string of the molecule is CNCC1(CCOc2ccc(C)cc2)CCCN1C. The fourth-order valence-corrected chi connectivity index (χ4v) is 3.02. The Kier molecular flexibility index (Phi) is 4.83. The molecule has 1 aromatic carbocycles. The number of benzene rings is 1. The molecule has 0 spiro atoms. The summed E-state index contributed by atoms with van der Waals surface area (Å²) in [4.78, 5) is 2.49. The summed E-state index contributed by atoms with van der Waals surface area (Å²) in [6, 6.07) is 8.30. The van der Waals surface area contributed by atoms with Crippen LogP contribution in [0.3, 0.4) is 0 Å². The van der Waals surface area contributed by atoms with Crippen LogP contribution in [0, 0.1) is 6.92 Å². The van der Waals surface area contributed by atoms with E-state index in [1.807, 2.05) is 7.05 Å². The first-order chi connectivity index (χ1) is 9.16. The Hall–Kier alpha value is -1.06. The summed E-state index contributed by atoms with van der Waals surface area (Å²) in [5.74, 6) is 0.978. The first kappa shape index (κ1) is 14.4. The second kappa shape index (κ2) is 6.40. The third-order valence-electron chi connectivity index (χ3n) is 4.31. The molecule has 19 heavy (non-hydrogen) atoms. The number of nitrogens with zero attached hydrogens (tertiary/aromatic N) is 1. The molecule has 106 valence electrons. The van der Waals surface area contributed by atoms with Crippen LogP contribution >= 0.6 is 0 Å². The van der Waals surface area contributed by atoms with Gasteiger partial charge in [0.2, 0.25) is 0 Å². The number of ether oxygens (including phenoxy) is 1. The largest absolute Gasteiger partial charge is 0.494 e. The van der Waals surface area contributed by atoms with Crippen molar-refractivity contribution in [3.8, 4) is 5.75 Å². The van der Waals surface area contributed by atoms with Crippen LogP contribution in [-0.2, 0) is 0 Å². The van der Waals surface area contributed by atoms with Crippen molar-refractivity contribution in [2.24, 2.45) is 0 Å². The van der Waals surface area contributed by atoms with Gasteiger partial charge in [-0.3, -0.25) is 4.90 Å². The maximum Gasteiger partial charge on any atom is 0.119 e. The number of nitrogens with one attached hydrogen (secondary N) is 1. The minimum atomic E-state index is 0.277. The lowest BCUT2D eigenvalue weighted by atomic mass is 9.92. The molecule has 1 unspecified atom stereocenters. The third-order valence-corrected chi connectivity index (χ3v) is 4.31. The van der Waals surface area contributed by atoms with Gasteiger partial charge in [-0.25, -0.2) is 0 Å². The predicted octanol–water partition coefficient (Wildman–Crippen LogP) is 2.45. The molecule has 0 radical (unpaired) electrons. The van der Waals surface area contributed by atoms with Crippen LogP contribution in [0.15, 0.2) is 24.3 Å². The van der Waals surface area contributed by atoms with E-state index in [4.69, 9.17) is 4.74 Å². The Bertz CT molecular complexity index is 390. The molecule has 0 aliphatic carbocycles. The van der Waals surface area contributed by atoms with Gasteiger partial charge in [0.05, 0.1) is 6.61 Å². The Balaban J connectivity index is 1.87. The Morgan fingerprint density at radius 3 is 2.63 bits per heavy atom. The molecule has 1 N–H and O–H groups in total. The van der Waals surface area contributed by atoms with Crippen molar-refractivity contribution in [3.05, 3.63) is 29.8 Å². The molecule has 1 aliphatic rings. The molecule has 1 saturated heterocycles. The molecule has 1 fully saturated rings. The summed E-state index contributed by atoms with van der Waals surface area (Å²) in [5.41, 5.74) is 1.55. The van der Waals surface area contributed by atoms with Crippen molar-refractivity contribution >= 4 is 0 Å². The van der Waals surface area contributed by atoms with Crippen LogP contribution in [0.4, 0.5) is 0 Å². The van der Waals surface area contributed by atoms with Crippen LogP contribution < -0.4 is 10.1 Å². The zero-order chi connectivity index (χ0) is 13.7. The number of likely N-dealkylation sites (N-methyl/N-ethyl adjacent to an activating group) is 2. The Labute approximate surface area is 116 Å². The molecule has 1 atom stereocenters.